The summed E-state index contributed by atoms with van der Waals surface area (Å²) in [6, 6.07) is 4.01. The quantitative estimate of drug-likeness (QED) is 0.896. The molecule has 1 atom stereocenters. The second-order valence-corrected chi connectivity index (χ2v) is 5.67. The molecule has 0 saturated carbocycles. The average molecular weight is 253 g/mol. The van der Waals surface area contributed by atoms with Crippen LogP contribution in [0.1, 0.15) is 30.6 Å². The molecule has 1 N–H and O–H groups in total. The van der Waals surface area contributed by atoms with Crippen molar-refractivity contribution in [3.05, 3.63) is 22.4 Å². The number of aliphatic hydroxyl groups excluding tert-OH is 1. The van der Waals surface area contributed by atoms with Gasteiger partial charge < -0.3 is 10.0 Å². The van der Waals surface area contributed by atoms with Crippen LogP contribution in [0.3, 0.4) is 0 Å². The molecule has 0 aromatic carbocycles. The summed E-state index contributed by atoms with van der Waals surface area (Å²) >= 11 is 1.64. The SMILES string of the molecule is CC(C(=O)N1CCC(CO)CC1)c1cccs1. The maximum absolute atomic E-state index is 12.3. The van der Waals surface area contributed by atoms with Crippen LogP contribution in [0.15, 0.2) is 17.5 Å². The van der Waals surface area contributed by atoms with Gasteiger partial charge in [-0.2, -0.15) is 0 Å². The number of rotatable bonds is 3. The molecule has 1 amide bonds. The highest BCUT2D eigenvalue weighted by Crippen LogP contribution is 2.25. The lowest BCUT2D eigenvalue weighted by Crippen LogP contribution is -2.41. The summed E-state index contributed by atoms with van der Waals surface area (Å²) in [5.74, 6) is 0.584. The Balaban J connectivity index is 1.93. The molecule has 1 unspecified atom stereocenters. The van der Waals surface area contributed by atoms with Crippen LogP contribution in [-0.2, 0) is 4.79 Å². The number of nitrogens with zero attached hydrogens (tertiary/aromatic N) is 1. The second-order valence-electron chi connectivity index (χ2n) is 4.69. The van der Waals surface area contributed by atoms with Gasteiger partial charge in [0.2, 0.25) is 5.91 Å². The van der Waals surface area contributed by atoms with Crippen molar-refractivity contribution in [2.75, 3.05) is 19.7 Å². The van der Waals surface area contributed by atoms with Crippen molar-refractivity contribution in [2.45, 2.75) is 25.7 Å². The largest absolute Gasteiger partial charge is 0.396 e. The molecule has 0 bridgehead atoms. The lowest BCUT2D eigenvalue weighted by Gasteiger charge is -2.32. The third-order valence-electron chi connectivity index (χ3n) is 3.52. The van der Waals surface area contributed by atoms with E-state index in [0.717, 1.165) is 30.8 Å². The van der Waals surface area contributed by atoms with E-state index in [-0.39, 0.29) is 18.4 Å². The molecule has 1 saturated heterocycles. The van der Waals surface area contributed by atoms with Crippen molar-refractivity contribution < 1.29 is 9.90 Å². The van der Waals surface area contributed by atoms with Crippen LogP contribution in [-0.4, -0.2) is 35.6 Å². The van der Waals surface area contributed by atoms with E-state index in [1.54, 1.807) is 11.3 Å². The highest BCUT2D eigenvalue weighted by Gasteiger charge is 2.26. The molecular formula is C13H19NO2S. The van der Waals surface area contributed by atoms with Gasteiger partial charge >= 0.3 is 0 Å². The minimum absolute atomic E-state index is 0.0272. The van der Waals surface area contributed by atoms with E-state index in [1.807, 2.05) is 29.3 Å². The molecule has 1 fully saturated rings. The summed E-state index contributed by atoms with van der Waals surface area (Å²) in [5, 5.41) is 11.1. The Kier molecular flexibility index (Phi) is 4.18. The number of amides is 1. The summed E-state index contributed by atoms with van der Waals surface area (Å²) in [5.41, 5.74) is 0. The predicted molar refractivity (Wildman–Crippen MR) is 69.1 cm³/mol. The first-order valence-corrected chi connectivity index (χ1v) is 7.03. The molecule has 17 heavy (non-hydrogen) atoms. The zero-order chi connectivity index (χ0) is 12.3. The van der Waals surface area contributed by atoms with E-state index in [0.29, 0.717) is 5.92 Å². The monoisotopic (exact) mass is 253 g/mol. The summed E-state index contributed by atoms with van der Waals surface area (Å²) in [7, 11) is 0. The number of thiophene rings is 1. The van der Waals surface area contributed by atoms with Crippen LogP contribution in [0.4, 0.5) is 0 Å². The second kappa shape index (κ2) is 5.65. The highest BCUT2D eigenvalue weighted by atomic mass is 32.1. The molecular weight excluding hydrogens is 234 g/mol. The number of piperidine rings is 1. The van der Waals surface area contributed by atoms with Gasteiger partial charge in [0.05, 0.1) is 5.92 Å². The number of hydrogen-bond acceptors (Lipinski definition) is 3. The van der Waals surface area contributed by atoms with Gasteiger partial charge in [-0.05, 0) is 37.1 Å². The normalized spacial score (nSPS) is 19.3. The van der Waals surface area contributed by atoms with E-state index >= 15 is 0 Å². The van der Waals surface area contributed by atoms with E-state index in [1.165, 1.54) is 0 Å². The van der Waals surface area contributed by atoms with Gasteiger partial charge in [0.15, 0.2) is 0 Å². The average Bonchev–Trinajstić information content (AvgIpc) is 2.91. The smallest absolute Gasteiger partial charge is 0.230 e. The predicted octanol–water partition coefficient (Wildman–Crippen LogP) is 2.08. The maximum Gasteiger partial charge on any atom is 0.230 e. The van der Waals surface area contributed by atoms with E-state index in [2.05, 4.69) is 0 Å². The van der Waals surface area contributed by atoms with E-state index < -0.39 is 0 Å². The molecule has 0 aliphatic carbocycles. The maximum atomic E-state index is 12.3. The number of aliphatic hydroxyl groups is 1. The molecule has 2 rings (SSSR count). The molecule has 0 radical (unpaired) electrons. The first-order chi connectivity index (χ1) is 8.22. The van der Waals surface area contributed by atoms with Gasteiger partial charge in [0, 0.05) is 24.6 Å². The Morgan fingerprint density at radius 1 is 1.59 bits per heavy atom. The molecule has 94 valence electrons. The standard InChI is InChI=1S/C13H19NO2S/c1-10(12-3-2-8-17-12)13(16)14-6-4-11(9-15)5-7-14/h2-3,8,10-11,15H,4-7,9H2,1H3. The Morgan fingerprint density at radius 2 is 2.29 bits per heavy atom. The Labute approximate surface area is 106 Å². The zero-order valence-corrected chi connectivity index (χ0v) is 10.9. The summed E-state index contributed by atoms with van der Waals surface area (Å²) in [4.78, 5) is 15.3. The Hall–Kier alpha value is -0.870. The first kappa shape index (κ1) is 12.6. The third kappa shape index (κ3) is 2.87. The van der Waals surface area contributed by atoms with Crippen molar-refractivity contribution in [2.24, 2.45) is 5.92 Å². The number of hydrogen-bond donors (Lipinski definition) is 1. The summed E-state index contributed by atoms with van der Waals surface area (Å²) < 4.78 is 0. The number of carbonyl (C=O) groups excluding carboxylic acids is 1. The van der Waals surface area contributed by atoms with Crippen molar-refractivity contribution >= 4 is 17.2 Å². The number of carbonyl (C=O) groups is 1. The fourth-order valence-corrected chi connectivity index (χ4v) is 3.05. The summed E-state index contributed by atoms with van der Waals surface area (Å²) in [6.45, 7) is 3.81. The lowest BCUT2D eigenvalue weighted by molar-refractivity contribution is -0.134. The van der Waals surface area contributed by atoms with E-state index in [4.69, 9.17) is 5.11 Å². The van der Waals surface area contributed by atoms with Crippen LogP contribution in [0, 0.1) is 5.92 Å². The fraction of sp³-hybridized carbons (Fsp3) is 0.615. The van der Waals surface area contributed by atoms with Gasteiger partial charge in [-0.3, -0.25) is 4.79 Å². The Bertz CT molecular complexity index is 356. The lowest BCUT2D eigenvalue weighted by atomic mass is 9.96. The zero-order valence-electron chi connectivity index (χ0n) is 10.1. The van der Waals surface area contributed by atoms with Crippen LogP contribution in [0.2, 0.25) is 0 Å². The minimum atomic E-state index is -0.0272. The minimum Gasteiger partial charge on any atom is -0.396 e. The van der Waals surface area contributed by atoms with Crippen molar-refractivity contribution in [1.29, 1.82) is 0 Å². The Morgan fingerprint density at radius 3 is 2.82 bits per heavy atom. The highest BCUT2D eigenvalue weighted by molar-refractivity contribution is 7.10. The molecule has 1 aliphatic heterocycles. The third-order valence-corrected chi connectivity index (χ3v) is 4.58. The van der Waals surface area contributed by atoms with Gasteiger partial charge in [-0.25, -0.2) is 0 Å². The van der Waals surface area contributed by atoms with Gasteiger partial charge in [0.25, 0.3) is 0 Å². The molecule has 1 aromatic rings. The van der Waals surface area contributed by atoms with Crippen molar-refractivity contribution in [1.82, 2.24) is 4.90 Å². The van der Waals surface area contributed by atoms with Crippen LogP contribution in [0.25, 0.3) is 0 Å². The van der Waals surface area contributed by atoms with Crippen LogP contribution in [0.5, 0.6) is 0 Å². The molecule has 1 aromatic heterocycles. The molecule has 1 aliphatic rings. The van der Waals surface area contributed by atoms with E-state index in [9.17, 15) is 4.79 Å². The molecule has 0 spiro atoms. The number of likely N-dealkylation sites (tertiary alicyclic amines) is 1. The van der Waals surface area contributed by atoms with Crippen LogP contribution >= 0.6 is 11.3 Å². The van der Waals surface area contributed by atoms with Crippen LogP contribution < -0.4 is 0 Å². The van der Waals surface area contributed by atoms with Gasteiger partial charge in [-0.1, -0.05) is 6.07 Å². The van der Waals surface area contributed by atoms with Gasteiger partial charge in [0.1, 0.15) is 0 Å². The topological polar surface area (TPSA) is 40.5 Å². The van der Waals surface area contributed by atoms with Gasteiger partial charge in [-0.15, -0.1) is 11.3 Å². The van der Waals surface area contributed by atoms with Crippen molar-refractivity contribution in [3.63, 3.8) is 0 Å². The molecule has 2 heterocycles. The first-order valence-electron chi connectivity index (χ1n) is 6.15. The molecule has 3 nitrogen and oxygen atoms in total. The summed E-state index contributed by atoms with van der Waals surface area (Å²) in [6.07, 6.45) is 1.86. The molecule has 4 heteroatoms. The van der Waals surface area contributed by atoms with Crippen molar-refractivity contribution in [3.8, 4) is 0 Å². The fourth-order valence-electron chi connectivity index (χ4n) is 2.27.